The van der Waals surface area contributed by atoms with Crippen molar-refractivity contribution >= 4 is 5.91 Å². The molecule has 3 atom stereocenters. The predicted octanol–water partition coefficient (Wildman–Crippen LogP) is 1.45. The number of carbonyl (C=O) groups excluding carboxylic acids is 1. The Labute approximate surface area is 137 Å². The summed E-state index contributed by atoms with van der Waals surface area (Å²) < 4.78 is 5.19. The van der Waals surface area contributed by atoms with Gasteiger partial charge in [0, 0.05) is 37.8 Å². The molecule has 6 nitrogen and oxygen atoms in total. The van der Waals surface area contributed by atoms with Gasteiger partial charge in [0.2, 0.25) is 5.91 Å². The predicted molar refractivity (Wildman–Crippen MR) is 86.2 cm³/mol. The Morgan fingerprint density at radius 3 is 2.48 bits per heavy atom. The minimum absolute atomic E-state index is 0.144. The molecule has 128 valence electrons. The number of carbonyl (C=O) groups is 1. The van der Waals surface area contributed by atoms with Crippen molar-refractivity contribution in [2.45, 2.75) is 58.1 Å². The van der Waals surface area contributed by atoms with Crippen LogP contribution in [0, 0.1) is 13.8 Å². The SMILES string of the molecule is Cc1noc(C)c1[C@H](C)C(=O)N1CCN([C@@H]2CCC[C@H]2O)CC1. The lowest BCUT2D eigenvalue weighted by Crippen LogP contribution is -2.54. The van der Waals surface area contributed by atoms with Crippen molar-refractivity contribution in [2.75, 3.05) is 26.2 Å². The van der Waals surface area contributed by atoms with Gasteiger partial charge in [0.25, 0.3) is 0 Å². The molecular weight excluding hydrogens is 294 g/mol. The molecule has 1 aliphatic carbocycles. The van der Waals surface area contributed by atoms with Crippen LogP contribution >= 0.6 is 0 Å². The fraction of sp³-hybridized carbons (Fsp3) is 0.765. The van der Waals surface area contributed by atoms with Crippen molar-refractivity contribution in [1.82, 2.24) is 15.0 Å². The second-order valence-corrected chi connectivity index (χ2v) is 6.89. The van der Waals surface area contributed by atoms with Gasteiger partial charge in [-0.25, -0.2) is 0 Å². The van der Waals surface area contributed by atoms with Gasteiger partial charge in [-0.05, 0) is 40.0 Å². The van der Waals surface area contributed by atoms with E-state index in [0.29, 0.717) is 0 Å². The smallest absolute Gasteiger partial charge is 0.230 e. The normalized spacial score (nSPS) is 27.4. The zero-order valence-corrected chi connectivity index (χ0v) is 14.3. The molecular formula is C17H27N3O3. The van der Waals surface area contributed by atoms with Crippen LogP contribution in [0.2, 0.25) is 0 Å². The molecule has 1 saturated carbocycles. The number of hydrogen-bond donors (Lipinski definition) is 1. The van der Waals surface area contributed by atoms with Crippen LogP contribution in [0.25, 0.3) is 0 Å². The van der Waals surface area contributed by atoms with Crippen LogP contribution in [-0.2, 0) is 4.79 Å². The summed E-state index contributed by atoms with van der Waals surface area (Å²) in [6, 6.07) is 0.284. The maximum Gasteiger partial charge on any atom is 0.230 e. The van der Waals surface area contributed by atoms with Gasteiger partial charge in [0.15, 0.2) is 0 Å². The summed E-state index contributed by atoms with van der Waals surface area (Å²) >= 11 is 0. The maximum atomic E-state index is 12.8. The highest BCUT2D eigenvalue weighted by molar-refractivity contribution is 5.84. The topological polar surface area (TPSA) is 69.8 Å². The number of aliphatic hydroxyl groups is 1. The second-order valence-electron chi connectivity index (χ2n) is 6.89. The number of hydrogen-bond acceptors (Lipinski definition) is 5. The van der Waals surface area contributed by atoms with Crippen molar-refractivity contribution in [3.63, 3.8) is 0 Å². The molecule has 0 bridgehead atoms. The third-order valence-corrected chi connectivity index (χ3v) is 5.43. The molecule has 3 rings (SSSR count). The Bertz CT molecular complexity index is 544. The van der Waals surface area contributed by atoms with Crippen LogP contribution in [0.1, 0.15) is 49.1 Å². The zero-order valence-electron chi connectivity index (χ0n) is 14.3. The van der Waals surface area contributed by atoms with Gasteiger partial charge >= 0.3 is 0 Å². The van der Waals surface area contributed by atoms with Crippen molar-refractivity contribution in [1.29, 1.82) is 0 Å². The molecule has 23 heavy (non-hydrogen) atoms. The van der Waals surface area contributed by atoms with Gasteiger partial charge in [-0.15, -0.1) is 0 Å². The lowest BCUT2D eigenvalue weighted by molar-refractivity contribution is -0.134. The molecule has 1 N–H and O–H groups in total. The molecule has 0 spiro atoms. The Morgan fingerprint density at radius 2 is 1.96 bits per heavy atom. The maximum absolute atomic E-state index is 12.8. The first kappa shape index (κ1) is 16.5. The van der Waals surface area contributed by atoms with Crippen LogP contribution in [0.3, 0.4) is 0 Å². The number of aryl methyl sites for hydroxylation is 2. The van der Waals surface area contributed by atoms with Crippen LogP contribution in [0.4, 0.5) is 0 Å². The van der Waals surface area contributed by atoms with Gasteiger partial charge in [0.05, 0.1) is 17.7 Å². The van der Waals surface area contributed by atoms with Crippen molar-refractivity contribution < 1.29 is 14.4 Å². The van der Waals surface area contributed by atoms with Crippen molar-refractivity contribution in [3.8, 4) is 0 Å². The van der Waals surface area contributed by atoms with E-state index in [0.717, 1.165) is 62.5 Å². The standard InChI is InChI=1S/C17H27N3O3/c1-11(16-12(2)18-23-13(16)3)17(22)20-9-7-19(8-10-20)14-5-4-6-15(14)21/h11,14-15,21H,4-10H2,1-3H3/t11-,14+,15+/m0/s1. The van der Waals surface area contributed by atoms with Crippen molar-refractivity contribution in [3.05, 3.63) is 17.0 Å². The third-order valence-electron chi connectivity index (χ3n) is 5.43. The van der Waals surface area contributed by atoms with E-state index >= 15 is 0 Å². The number of aliphatic hydroxyl groups excluding tert-OH is 1. The molecule has 1 saturated heterocycles. The lowest BCUT2D eigenvalue weighted by atomic mass is 9.97. The third kappa shape index (κ3) is 3.15. The van der Waals surface area contributed by atoms with E-state index in [2.05, 4.69) is 10.1 Å². The number of nitrogens with zero attached hydrogens (tertiary/aromatic N) is 3. The van der Waals surface area contributed by atoms with E-state index in [-0.39, 0.29) is 24.0 Å². The van der Waals surface area contributed by atoms with Crippen LogP contribution in [0.15, 0.2) is 4.52 Å². The summed E-state index contributed by atoms with van der Waals surface area (Å²) in [7, 11) is 0. The van der Waals surface area contributed by atoms with Gasteiger partial charge < -0.3 is 14.5 Å². The first-order valence-corrected chi connectivity index (χ1v) is 8.62. The summed E-state index contributed by atoms with van der Waals surface area (Å²) in [4.78, 5) is 17.1. The van der Waals surface area contributed by atoms with Gasteiger partial charge in [-0.1, -0.05) is 5.16 Å². The molecule has 0 radical (unpaired) electrons. The molecule has 6 heteroatoms. The minimum atomic E-state index is -0.218. The number of aromatic nitrogens is 1. The molecule has 1 aromatic heterocycles. The first-order valence-electron chi connectivity index (χ1n) is 8.62. The highest BCUT2D eigenvalue weighted by Crippen LogP contribution is 2.27. The molecule has 1 aliphatic heterocycles. The lowest BCUT2D eigenvalue weighted by Gasteiger charge is -2.39. The van der Waals surface area contributed by atoms with E-state index < -0.39 is 0 Å². The van der Waals surface area contributed by atoms with Crippen molar-refractivity contribution in [2.24, 2.45) is 0 Å². The number of rotatable bonds is 3. The van der Waals surface area contributed by atoms with Gasteiger partial charge in [-0.3, -0.25) is 9.69 Å². The summed E-state index contributed by atoms with van der Waals surface area (Å²) in [5.74, 6) is 0.659. The summed E-state index contributed by atoms with van der Waals surface area (Å²) in [5.41, 5.74) is 1.72. The molecule has 2 fully saturated rings. The molecule has 1 amide bonds. The Balaban J connectivity index is 1.60. The fourth-order valence-corrected chi connectivity index (χ4v) is 4.13. The van der Waals surface area contributed by atoms with Gasteiger partial charge in [-0.2, -0.15) is 0 Å². The van der Waals surface area contributed by atoms with Gasteiger partial charge in [0.1, 0.15) is 5.76 Å². The molecule has 2 aliphatic rings. The van der Waals surface area contributed by atoms with E-state index in [1.165, 1.54) is 0 Å². The highest BCUT2D eigenvalue weighted by atomic mass is 16.5. The Hall–Kier alpha value is -1.40. The van der Waals surface area contributed by atoms with E-state index in [9.17, 15) is 9.90 Å². The number of piperazine rings is 1. The van der Waals surface area contributed by atoms with Crippen LogP contribution in [0.5, 0.6) is 0 Å². The quantitative estimate of drug-likeness (QED) is 0.912. The Kier molecular flexibility index (Phi) is 4.73. The Morgan fingerprint density at radius 1 is 1.26 bits per heavy atom. The summed E-state index contributed by atoms with van der Waals surface area (Å²) in [5, 5.41) is 14.0. The number of amides is 1. The van der Waals surface area contributed by atoms with E-state index in [1.54, 1.807) is 0 Å². The summed E-state index contributed by atoms with van der Waals surface area (Å²) in [6.45, 7) is 8.84. The van der Waals surface area contributed by atoms with Crippen LogP contribution in [-0.4, -0.2) is 64.3 Å². The second kappa shape index (κ2) is 6.61. The average molecular weight is 321 g/mol. The molecule has 2 heterocycles. The molecule has 1 aromatic rings. The minimum Gasteiger partial charge on any atom is -0.391 e. The van der Waals surface area contributed by atoms with Crippen LogP contribution < -0.4 is 0 Å². The largest absolute Gasteiger partial charge is 0.391 e. The summed E-state index contributed by atoms with van der Waals surface area (Å²) in [6.07, 6.45) is 2.89. The molecule has 0 aromatic carbocycles. The average Bonchev–Trinajstić information content (AvgIpc) is 3.12. The monoisotopic (exact) mass is 321 g/mol. The van der Waals surface area contributed by atoms with E-state index in [1.807, 2.05) is 25.7 Å². The zero-order chi connectivity index (χ0) is 16.6. The fourth-order valence-electron chi connectivity index (χ4n) is 4.13. The van der Waals surface area contributed by atoms with E-state index in [4.69, 9.17) is 4.52 Å². The highest BCUT2D eigenvalue weighted by Gasteiger charge is 2.34. The first-order chi connectivity index (χ1) is 11.0. The molecule has 0 unspecified atom stereocenters.